The maximum absolute atomic E-state index is 13.7. The summed E-state index contributed by atoms with van der Waals surface area (Å²) in [4.78, 5) is 46.6. The Labute approximate surface area is 176 Å². The highest BCUT2D eigenvalue weighted by Crippen LogP contribution is 2.54. The maximum Gasteiger partial charge on any atom is 0.345 e. The van der Waals surface area contributed by atoms with Gasteiger partial charge in [0.15, 0.2) is 0 Å². The van der Waals surface area contributed by atoms with Gasteiger partial charge in [0.2, 0.25) is 5.91 Å². The standard InChI is InChI=1S/C23H19FN4O3/c1-13-12-18(27-22(31)25-13)20(29)28-11-10-23(19(28)14-6-8-15(24)9-7-14)16-4-2-3-5-17(16)26-21(23)30/h2-9,12,19H,10-11H2,1H3,(H,26,30)(H,25,27,31). The van der Waals surface area contributed by atoms with Crippen molar-refractivity contribution >= 4 is 17.5 Å². The van der Waals surface area contributed by atoms with Crippen LogP contribution < -0.4 is 11.0 Å². The van der Waals surface area contributed by atoms with E-state index in [2.05, 4.69) is 15.3 Å². The van der Waals surface area contributed by atoms with Crippen LogP contribution in [0.4, 0.5) is 10.1 Å². The smallest absolute Gasteiger partial charge is 0.329 e. The molecule has 1 aromatic heterocycles. The second-order valence-corrected chi connectivity index (χ2v) is 7.93. The van der Waals surface area contributed by atoms with Gasteiger partial charge >= 0.3 is 5.69 Å². The van der Waals surface area contributed by atoms with Crippen molar-refractivity contribution in [3.63, 3.8) is 0 Å². The Bertz CT molecular complexity index is 1270. The molecule has 2 unspecified atom stereocenters. The van der Waals surface area contributed by atoms with E-state index in [1.807, 2.05) is 24.3 Å². The molecular weight excluding hydrogens is 399 g/mol. The number of fused-ring (bicyclic) bond motifs is 2. The van der Waals surface area contributed by atoms with Crippen molar-refractivity contribution in [1.82, 2.24) is 14.9 Å². The number of aromatic amines is 1. The van der Waals surface area contributed by atoms with Crippen LogP contribution in [-0.2, 0) is 10.2 Å². The lowest BCUT2D eigenvalue weighted by Crippen LogP contribution is -2.43. The molecule has 0 bridgehead atoms. The van der Waals surface area contributed by atoms with Gasteiger partial charge in [0.05, 0.1) is 6.04 Å². The van der Waals surface area contributed by atoms with E-state index < -0.39 is 28.9 Å². The lowest BCUT2D eigenvalue weighted by Gasteiger charge is -2.34. The highest BCUT2D eigenvalue weighted by molar-refractivity contribution is 6.08. The van der Waals surface area contributed by atoms with E-state index in [4.69, 9.17) is 0 Å². The van der Waals surface area contributed by atoms with Crippen molar-refractivity contribution in [2.45, 2.75) is 24.8 Å². The van der Waals surface area contributed by atoms with Crippen LogP contribution in [-0.4, -0.2) is 33.2 Å². The molecule has 1 fully saturated rings. The quantitative estimate of drug-likeness (QED) is 0.669. The van der Waals surface area contributed by atoms with Gasteiger partial charge in [-0.15, -0.1) is 0 Å². The number of benzene rings is 2. The summed E-state index contributed by atoms with van der Waals surface area (Å²) in [6.07, 6.45) is 0.395. The number of aryl methyl sites for hydroxylation is 1. The van der Waals surface area contributed by atoms with Crippen molar-refractivity contribution in [2.75, 3.05) is 11.9 Å². The van der Waals surface area contributed by atoms with Crippen LogP contribution in [0.25, 0.3) is 0 Å². The molecule has 2 amide bonds. The van der Waals surface area contributed by atoms with Crippen LogP contribution in [0.15, 0.2) is 59.4 Å². The van der Waals surface area contributed by atoms with Crippen molar-refractivity contribution in [3.8, 4) is 0 Å². The normalized spacial score (nSPS) is 21.9. The van der Waals surface area contributed by atoms with Gasteiger partial charge in [-0.05, 0) is 48.7 Å². The van der Waals surface area contributed by atoms with E-state index >= 15 is 0 Å². The minimum atomic E-state index is -1.01. The van der Waals surface area contributed by atoms with E-state index in [0.29, 0.717) is 23.4 Å². The second-order valence-electron chi connectivity index (χ2n) is 7.93. The molecule has 31 heavy (non-hydrogen) atoms. The Morgan fingerprint density at radius 1 is 1.16 bits per heavy atom. The van der Waals surface area contributed by atoms with E-state index in [-0.39, 0.29) is 18.1 Å². The Balaban J connectivity index is 1.68. The van der Waals surface area contributed by atoms with Gasteiger partial charge in [0.1, 0.15) is 16.9 Å². The van der Waals surface area contributed by atoms with Gasteiger partial charge < -0.3 is 15.2 Å². The summed E-state index contributed by atoms with van der Waals surface area (Å²) in [5.74, 6) is -1.05. The number of amides is 2. The second kappa shape index (κ2) is 6.87. The average Bonchev–Trinajstić information content (AvgIpc) is 3.27. The molecule has 1 saturated heterocycles. The zero-order valence-corrected chi connectivity index (χ0v) is 16.7. The minimum Gasteiger partial charge on any atom is -0.329 e. The van der Waals surface area contributed by atoms with E-state index in [9.17, 15) is 18.8 Å². The number of hydrogen-bond donors (Lipinski definition) is 2. The summed E-state index contributed by atoms with van der Waals surface area (Å²) in [5.41, 5.74) is 1.05. The number of carbonyl (C=O) groups excluding carboxylic acids is 2. The molecule has 0 saturated carbocycles. The number of likely N-dealkylation sites (tertiary alicyclic amines) is 1. The third kappa shape index (κ3) is 2.86. The Morgan fingerprint density at radius 2 is 1.90 bits per heavy atom. The lowest BCUT2D eigenvalue weighted by molar-refractivity contribution is -0.121. The van der Waals surface area contributed by atoms with Crippen LogP contribution >= 0.6 is 0 Å². The monoisotopic (exact) mass is 418 g/mol. The number of nitrogens with zero attached hydrogens (tertiary/aromatic N) is 2. The Kier molecular flexibility index (Phi) is 4.25. The molecule has 7 nitrogen and oxygen atoms in total. The molecule has 2 N–H and O–H groups in total. The average molecular weight is 418 g/mol. The number of nitrogens with one attached hydrogen (secondary N) is 2. The van der Waals surface area contributed by atoms with E-state index in [0.717, 1.165) is 5.56 Å². The summed E-state index contributed by atoms with van der Waals surface area (Å²) >= 11 is 0. The SMILES string of the molecule is Cc1cc(C(=O)N2CCC3(C(=O)Nc4ccccc43)C2c2ccc(F)cc2)nc(=O)[nH]1. The molecule has 2 atom stereocenters. The van der Waals surface area contributed by atoms with Crippen LogP contribution in [0.5, 0.6) is 0 Å². The first-order valence-corrected chi connectivity index (χ1v) is 9.95. The first-order chi connectivity index (χ1) is 14.9. The van der Waals surface area contributed by atoms with E-state index in [1.54, 1.807) is 24.0 Å². The third-order valence-corrected chi connectivity index (χ3v) is 6.13. The summed E-state index contributed by atoms with van der Waals surface area (Å²) in [7, 11) is 0. The Hall–Kier alpha value is -3.81. The van der Waals surface area contributed by atoms with Crippen molar-refractivity contribution in [1.29, 1.82) is 0 Å². The minimum absolute atomic E-state index is 0.0112. The summed E-state index contributed by atoms with van der Waals surface area (Å²) < 4.78 is 13.7. The molecule has 3 heterocycles. The van der Waals surface area contributed by atoms with Crippen molar-refractivity contribution in [3.05, 3.63) is 93.4 Å². The van der Waals surface area contributed by atoms with Gasteiger partial charge in [-0.1, -0.05) is 30.3 Å². The highest BCUT2D eigenvalue weighted by Gasteiger charge is 2.59. The van der Waals surface area contributed by atoms with Crippen molar-refractivity contribution in [2.24, 2.45) is 0 Å². The van der Waals surface area contributed by atoms with Crippen LogP contribution in [0.1, 0.15) is 39.8 Å². The largest absolute Gasteiger partial charge is 0.345 e. The molecule has 2 aromatic carbocycles. The van der Waals surface area contributed by atoms with E-state index in [1.165, 1.54) is 18.2 Å². The third-order valence-electron chi connectivity index (χ3n) is 6.13. The van der Waals surface area contributed by atoms with Gasteiger partial charge in [-0.25, -0.2) is 9.18 Å². The molecule has 0 aliphatic carbocycles. The lowest BCUT2D eigenvalue weighted by atomic mass is 9.72. The van der Waals surface area contributed by atoms with Crippen LogP contribution in [0, 0.1) is 12.7 Å². The van der Waals surface area contributed by atoms with Crippen LogP contribution in [0.2, 0.25) is 0 Å². The van der Waals surface area contributed by atoms with Gasteiger partial charge in [0.25, 0.3) is 5.91 Å². The zero-order chi connectivity index (χ0) is 21.8. The fourth-order valence-electron chi connectivity index (χ4n) is 4.85. The number of hydrogen-bond acceptors (Lipinski definition) is 4. The first kappa shape index (κ1) is 19.2. The zero-order valence-electron chi connectivity index (χ0n) is 16.7. The maximum atomic E-state index is 13.7. The number of rotatable bonds is 2. The topological polar surface area (TPSA) is 95.2 Å². The predicted molar refractivity (Wildman–Crippen MR) is 111 cm³/mol. The molecule has 2 aliphatic heterocycles. The number of halogens is 1. The number of anilines is 1. The molecular formula is C23H19FN4O3. The molecule has 156 valence electrons. The fraction of sp³-hybridized carbons (Fsp3) is 0.217. The molecule has 8 heteroatoms. The van der Waals surface area contributed by atoms with Gasteiger partial charge in [-0.2, -0.15) is 4.98 Å². The number of para-hydroxylation sites is 1. The highest BCUT2D eigenvalue weighted by atomic mass is 19.1. The first-order valence-electron chi connectivity index (χ1n) is 9.95. The molecule has 3 aromatic rings. The van der Waals surface area contributed by atoms with Gasteiger partial charge in [-0.3, -0.25) is 9.59 Å². The molecule has 0 radical (unpaired) electrons. The number of H-pyrrole nitrogens is 1. The van der Waals surface area contributed by atoms with Gasteiger partial charge in [0, 0.05) is 17.9 Å². The van der Waals surface area contributed by atoms with Crippen molar-refractivity contribution < 1.29 is 14.0 Å². The van der Waals surface area contributed by atoms with Crippen LogP contribution in [0.3, 0.4) is 0 Å². The molecule has 2 aliphatic rings. The predicted octanol–water partition coefficient (Wildman–Crippen LogP) is 2.69. The number of carbonyl (C=O) groups is 2. The summed E-state index contributed by atoms with van der Waals surface area (Å²) in [5, 5.41) is 2.94. The molecule has 5 rings (SSSR count). The molecule has 1 spiro atoms. The summed E-state index contributed by atoms with van der Waals surface area (Å²) in [6, 6.07) is 14.1. The number of aromatic nitrogens is 2. The Morgan fingerprint density at radius 3 is 2.65 bits per heavy atom. The summed E-state index contributed by atoms with van der Waals surface area (Å²) in [6.45, 7) is 1.96. The fourth-order valence-corrected chi connectivity index (χ4v) is 4.85.